The number of hydrogen-bond acceptors (Lipinski definition) is 1. The summed E-state index contributed by atoms with van der Waals surface area (Å²) in [6.07, 6.45) is 4.17. The van der Waals surface area contributed by atoms with Crippen molar-refractivity contribution in [2.45, 2.75) is 25.8 Å². The van der Waals surface area contributed by atoms with Gasteiger partial charge in [0.25, 0.3) is 0 Å². The molecule has 0 aliphatic carbocycles. The zero-order chi connectivity index (χ0) is 13.1. The van der Waals surface area contributed by atoms with Crippen molar-refractivity contribution in [3.8, 4) is 5.75 Å². The van der Waals surface area contributed by atoms with E-state index < -0.39 is 0 Å². The van der Waals surface area contributed by atoms with Crippen molar-refractivity contribution in [3.63, 3.8) is 0 Å². The molecule has 0 unspecified atom stereocenters. The van der Waals surface area contributed by atoms with Gasteiger partial charge in [0.1, 0.15) is 12.3 Å². The van der Waals surface area contributed by atoms with Crippen molar-refractivity contribution in [3.05, 3.63) is 42.0 Å². The molecule has 0 atom stereocenters. The van der Waals surface area contributed by atoms with E-state index in [4.69, 9.17) is 4.74 Å². The molecule has 1 heterocycles. The number of methoxy groups -OCH3 is 1. The highest BCUT2D eigenvalue weighted by Gasteiger charge is 2.16. The van der Waals surface area contributed by atoms with Crippen molar-refractivity contribution in [1.82, 2.24) is 0 Å². The quantitative estimate of drug-likeness (QED) is 0.890. The fraction of sp³-hybridized carbons (Fsp3) is 0.412. The summed E-state index contributed by atoms with van der Waals surface area (Å²) in [4.78, 5) is 1.72. The number of likely N-dealkylation sites (tertiary alicyclic amines) is 1. The molecular weight excluding hydrogens is 234 g/mol. The molecule has 2 aromatic carbocycles. The Morgan fingerprint density at radius 1 is 0.947 bits per heavy atom. The van der Waals surface area contributed by atoms with E-state index in [1.54, 1.807) is 12.0 Å². The number of ether oxygens (including phenoxy) is 1. The van der Waals surface area contributed by atoms with Crippen LogP contribution in [0.15, 0.2) is 36.4 Å². The van der Waals surface area contributed by atoms with E-state index in [0.717, 1.165) is 12.3 Å². The Balaban J connectivity index is 1.94. The maximum atomic E-state index is 5.47. The molecule has 0 aromatic heterocycles. The minimum atomic E-state index is 0.980. The van der Waals surface area contributed by atoms with Gasteiger partial charge in [-0.3, -0.25) is 0 Å². The maximum Gasteiger partial charge on any atom is 0.126 e. The van der Waals surface area contributed by atoms with E-state index in [9.17, 15) is 0 Å². The van der Waals surface area contributed by atoms with E-state index in [2.05, 4.69) is 36.4 Å². The molecule has 0 amide bonds. The second-order valence-corrected chi connectivity index (χ2v) is 5.46. The van der Waals surface area contributed by atoms with Crippen molar-refractivity contribution in [2.24, 2.45) is 0 Å². The van der Waals surface area contributed by atoms with E-state index in [-0.39, 0.29) is 0 Å². The Kier molecular flexibility index (Phi) is 3.69. The lowest BCUT2D eigenvalue weighted by molar-refractivity contribution is -0.918. The average Bonchev–Trinajstić information content (AvgIpc) is 2.49. The summed E-state index contributed by atoms with van der Waals surface area (Å²) in [5.74, 6) is 0.980. The highest BCUT2D eigenvalue weighted by molar-refractivity contribution is 5.90. The number of hydrogen-bond donors (Lipinski definition) is 1. The summed E-state index contributed by atoms with van der Waals surface area (Å²) in [5, 5.41) is 2.58. The van der Waals surface area contributed by atoms with Gasteiger partial charge in [-0.25, -0.2) is 0 Å². The van der Waals surface area contributed by atoms with Gasteiger partial charge in [-0.05, 0) is 36.8 Å². The van der Waals surface area contributed by atoms with Gasteiger partial charge >= 0.3 is 0 Å². The summed E-state index contributed by atoms with van der Waals surface area (Å²) >= 11 is 0. The molecule has 0 radical (unpaired) electrons. The Labute approximate surface area is 115 Å². The van der Waals surface area contributed by atoms with Crippen LogP contribution < -0.4 is 9.64 Å². The molecule has 100 valence electrons. The van der Waals surface area contributed by atoms with Crippen LogP contribution in [0.3, 0.4) is 0 Å². The van der Waals surface area contributed by atoms with Crippen LogP contribution in [-0.2, 0) is 6.54 Å². The molecule has 0 saturated carbocycles. The second kappa shape index (κ2) is 5.62. The van der Waals surface area contributed by atoms with Crippen LogP contribution in [0, 0.1) is 0 Å². The molecule has 2 nitrogen and oxygen atoms in total. The number of benzene rings is 2. The molecule has 1 saturated heterocycles. The van der Waals surface area contributed by atoms with Crippen LogP contribution in [0.1, 0.15) is 24.8 Å². The lowest BCUT2D eigenvalue weighted by atomic mass is 10.0. The Morgan fingerprint density at radius 2 is 1.68 bits per heavy atom. The summed E-state index contributed by atoms with van der Waals surface area (Å²) in [5.41, 5.74) is 1.45. The van der Waals surface area contributed by atoms with Crippen molar-refractivity contribution < 1.29 is 9.64 Å². The van der Waals surface area contributed by atoms with Gasteiger partial charge in [0.2, 0.25) is 0 Å². The summed E-state index contributed by atoms with van der Waals surface area (Å²) in [6, 6.07) is 12.9. The average molecular weight is 256 g/mol. The Hall–Kier alpha value is -1.54. The zero-order valence-corrected chi connectivity index (χ0v) is 11.6. The van der Waals surface area contributed by atoms with Gasteiger partial charge in [-0.15, -0.1) is 0 Å². The Morgan fingerprint density at radius 3 is 2.42 bits per heavy atom. The van der Waals surface area contributed by atoms with E-state index in [1.807, 2.05) is 0 Å². The fourth-order valence-electron chi connectivity index (χ4n) is 3.16. The first-order valence-corrected chi connectivity index (χ1v) is 7.26. The van der Waals surface area contributed by atoms with Gasteiger partial charge in [0, 0.05) is 10.9 Å². The molecule has 2 aromatic rings. The smallest absolute Gasteiger partial charge is 0.126 e. The number of nitrogens with one attached hydrogen (secondary N) is 1. The lowest BCUT2D eigenvalue weighted by Crippen LogP contribution is -3.11. The van der Waals surface area contributed by atoms with Crippen LogP contribution in [0.5, 0.6) is 5.75 Å². The molecule has 2 heteroatoms. The van der Waals surface area contributed by atoms with E-state index >= 15 is 0 Å². The fourth-order valence-corrected chi connectivity index (χ4v) is 3.16. The molecule has 0 spiro atoms. The van der Waals surface area contributed by atoms with Gasteiger partial charge in [0.15, 0.2) is 0 Å². The van der Waals surface area contributed by atoms with Crippen LogP contribution in [0.2, 0.25) is 0 Å². The molecule has 1 N–H and O–H groups in total. The minimum Gasteiger partial charge on any atom is -0.496 e. The van der Waals surface area contributed by atoms with E-state index in [1.165, 1.54) is 48.7 Å². The molecule has 1 fully saturated rings. The first-order chi connectivity index (χ1) is 9.38. The molecule has 3 rings (SSSR count). The molecule has 1 aliphatic heterocycles. The summed E-state index contributed by atoms with van der Waals surface area (Å²) in [7, 11) is 1.75. The van der Waals surface area contributed by atoms with Crippen molar-refractivity contribution in [2.75, 3.05) is 20.2 Å². The standard InChI is InChI=1S/C17H21NO/c1-19-17-10-9-14(13-18-11-5-2-6-12-18)15-7-3-4-8-16(15)17/h3-4,7-10H,2,5-6,11-13H2,1H3/p+1. The highest BCUT2D eigenvalue weighted by atomic mass is 16.5. The molecule has 19 heavy (non-hydrogen) atoms. The van der Waals surface area contributed by atoms with Crippen LogP contribution in [0.25, 0.3) is 10.8 Å². The van der Waals surface area contributed by atoms with Gasteiger partial charge in [-0.2, -0.15) is 0 Å². The minimum absolute atomic E-state index is 0.980. The third-order valence-electron chi connectivity index (χ3n) is 4.20. The lowest BCUT2D eigenvalue weighted by Gasteiger charge is -2.24. The van der Waals surface area contributed by atoms with Crippen LogP contribution >= 0.6 is 0 Å². The largest absolute Gasteiger partial charge is 0.496 e. The van der Waals surface area contributed by atoms with Gasteiger partial charge < -0.3 is 9.64 Å². The van der Waals surface area contributed by atoms with Crippen LogP contribution in [0.4, 0.5) is 0 Å². The topological polar surface area (TPSA) is 13.7 Å². The van der Waals surface area contributed by atoms with E-state index in [0.29, 0.717) is 0 Å². The summed E-state index contributed by atoms with van der Waals surface area (Å²) in [6.45, 7) is 3.78. The zero-order valence-electron chi connectivity index (χ0n) is 11.6. The molecule has 0 bridgehead atoms. The third-order valence-corrected chi connectivity index (χ3v) is 4.20. The second-order valence-electron chi connectivity index (χ2n) is 5.46. The number of quaternary nitrogens is 1. The summed E-state index contributed by atoms with van der Waals surface area (Å²) < 4.78 is 5.47. The Bertz CT molecular complexity index is 558. The SMILES string of the molecule is COc1ccc(C[NH+]2CCCCC2)c2ccccc12. The van der Waals surface area contributed by atoms with Crippen molar-refractivity contribution >= 4 is 10.8 Å². The number of piperidine rings is 1. The first kappa shape index (κ1) is 12.5. The number of rotatable bonds is 3. The third kappa shape index (κ3) is 2.59. The maximum absolute atomic E-state index is 5.47. The van der Waals surface area contributed by atoms with Crippen molar-refractivity contribution in [1.29, 1.82) is 0 Å². The van der Waals surface area contributed by atoms with Crippen LogP contribution in [-0.4, -0.2) is 20.2 Å². The predicted molar refractivity (Wildman–Crippen MR) is 78.8 cm³/mol. The highest BCUT2D eigenvalue weighted by Crippen LogP contribution is 2.27. The first-order valence-electron chi connectivity index (χ1n) is 7.26. The number of fused-ring (bicyclic) bond motifs is 1. The molecular formula is C17H22NO+. The monoisotopic (exact) mass is 256 g/mol. The molecule has 1 aliphatic rings. The predicted octanol–water partition coefficient (Wildman–Crippen LogP) is 2.42. The normalized spacial score (nSPS) is 16.7. The van der Waals surface area contributed by atoms with Gasteiger partial charge in [0.05, 0.1) is 20.2 Å². The van der Waals surface area contributed by atoms with Gasteiger partial charge in [-0.1, -0.05) is 24.3 Å².